The maximum atomic E-state index is 12.3. The minimum absolute atomic E-state index is 0.231. The number of nitrogens with one attached hydrogen (secondary N) is 2. The van der Waals surface area contributed by atoms with Gasteiger partial charge in [-0.25, -0.2) is 4.79 Å². The van der Waals surface area contributed by atoms with Crippen LogP contribution in [0.4, 0.5) is 11.4 Å². The van der Waals surface area contributed by atoms with Gasteiger partial charge in [-0.1, -0.05) is 31.4 Å². The molecule has 0 bridgehead atoms. The summed E-state index contributed by atoms with van der Waals surface area (Å²) in [5.74, 6) is -0.305. The van der Waals surface area contributed by atoms with E-state index >= 15 is 0 Å². The lowest BCUT2D eigenvalue weighted by Crippen LogP contribution is -2.21. The van der Waals surface area contributed by atoms with E-state index in [4.69, 9.17) is 9.47 Å². The van der Waals surface area contributed by atoms with E-state index in [-0.39, 0.29) is 5.91 Å². The third-order valence-electron chi connectivity index (χ3n) is 5.35. The summed E-state index contributed by atoms with van der Waals surface area (Å²) in [6.07, 6.45) is 6.18. The van der Waals surface area contributed by atoms with Gasteiger partial charge in [0, 0.05) is 12.6 Å². The van der Waals surface area contributed by atoms with E-state index in [9.17, 15) is 14.4 Å². The van der Waals surface area contributed by atoms with Gasteiger partial charge in [0.05, 0.1) is 18.4 Å². The van der Waals surface area contributed by atoms with E-state index in [1.807, 2.05) is 12.1 Å². The fourth-order valence-electron chi connectivity index (χ4n) is 3.81. The van der Waals surface area contributed by atoms with Crippen LogP contribution in [0.1, 0.15) is 60.9 Å². The molecular formula is C24H28N2O5. The quantitative estimate of drug-likeness (QED) is 0.639. The van der Waals surface area contributed by atoms with Crippen LogP contribution in [0.3, 0.4) is 0 Å². The van der Waals surface area contributed by atoms with Crippen molar-refractivity contribution in [2.24, 2.45) is 0 Å². The largest absolute Gasteiger partial charge is 0.495 e. The molecule has 1 saturated carbocycles. The standard InChI is InChI=1S/C24H28N2O5/c1-16(27)25-20-12-13-22(30-2)21(14-20)26-23(28)15-31-24(29)19-10-8-18(9-11-19)17-6-4-3-5-7-17/h8-14,17H,3-7,15H2,1-2H3,(H,25,27)(H,26,28). The minimum atomic E-state index is -0.552. The molecule has 0 aliphatic heterocycles. The molecule has 1 aliphatic rings. The Bertz CT molecular complexity index is 933. The number of amides is 2. The second kappa shape index (κ2) is 10.6. The number of hydrogen-bond acceptors (Lipinski definition) is 5. The van der Waals surface area contributed by atoms with E-state index in [1.165, 1.54) is 51.7 Å². The molecule has 31 heavy (non-hydrogen) atoms. The summed E-state index contributed by atoms with van der Waals surface area (Å²) in [4.78, 5) is 35.8. The van der Waals surface area contributed by atoms with Crippen LogP contribution in [0.15, 0.2) is 42.5 Å². The normalized spacial score (nSPS) is 13.9. The second-order valence-corrected chi connectivity index (χ2v) is 7.68. The summed E-state index contributed by atoms with van der Waals surface area (Å²) >= 11 is 0. The first-order valence-corrected chi connectivity index (χ1v) is 10.5. The van der Waals surface area contributed by atoms with Crippen molar-refractivity contribution in [3.63, 3.8) is 0 Å². The van der Waals surface area contributed by atoms with Gasteiger partial charge in [-0.05, 0) is 54.7 Å². The summed E-state index contributed by atoms with van der Waals surface area (Å²) in [7, 11) is 1.47. The van der Waals surface area contributed by atoms with Crippen molar-refractivity contribution in [2.75, 3.05) is 24.4 Å². The molecule has 0 radical (unpaired) electrons. The number of anilines is 2. The molecule has 2 N–H and O–H groups in total. The fraction of sp³-hybridized carbons (Fsp3) is 0.375. The smallest absolute Gasteiger partial charge is 0.338 e. The molecule has 0 saturated heterocycles. The average Bonchev–Trinajstić information content (AvgIpc) is 2.78. The van der Waals surface area contributed by atoms with Crippen molar-refractivity contribution in [2.45, 2.75) is 44.9 Å². The van der Waals surface area contributed by atoms with Crippen LogP contribution in [0.25, 0.3) is 0 Å². The molecule has 164 valence electrons. The van der Waals surface area contributed by atoms with E-state index in [2.05, 4.69) is 10.6 Å². The molecule has 2 amide bonds. The summed E-state index contributed by atoms with van der Waals surface area (Å²) in [5, 5.41) is 5.28. The van der Waals surface area contributed by atoms with E-state index in [0.717, 1.165) is 0 Å². The van der Waals surface area contributed by atoms with E-state index < -0.39 is 18.5 Å². The molecule has 0 spiro atoms. The lowest BCUT2D eigenvalue weighted by molar-refractivity contribution is -0.119. The van der Waals surface area contributed by atoms with Crippen molar-refractivity contribution in [3.8, 4) is 5.75 Å². The Balaban J connectivity index is 1.55. The zero-order valence-electron chi connectivity index (χ0n) is 17.9. The number of hydrogen-bond donors (Lipinski definition) is 2. The molecule has 7 nitrogen and oxygen atoms in total. The maximum Gasteiger partial charge on any atom is 0.338 e. The van der Waals surface area contributed by atoms with Gasteiger partial charge in [0.15, 0.2) is 6.61 Å². The van der Waals surface area contributed by atoms with Gasteiger partial charge in [0.2, 0.25) is 5.91 Å². The Morgan fingerprint density at radius 1 is 0.968 bits per heavy atom. The predicted molar refractivity (Wildman–Crippen MR) is 118 cm³/mol. The van der Waals surface area contributed by atoms with Gasteiger partial charge in [0.25, 0.3) is 5.91 Å². The second-order valence-electron chi connectivity index (χ2n) is 7.68. The number of rotatable bonds is 7. The van der Waals surface area contributed by atoms with Gasteiger partial charge in [-0.2, -0.15) is 0 Å². The number of carbonyl (C=O) groups is 3. The number of esters is 1. The van der Waals surface area contributed by atoms with Crippen LogP contribution in [0.5, 0.6) is 5.75 Å². The predicted octanol–water partition coefficient (Wildman–Crippen LogP) is 4.50. The first kappa shape index (κ1) is 22.3. The highest BCUT2D eigenvalue weighted by Gasteiger charge is 2.17. The Morgan fingerprint density at radius 2 is 1.68 bits per heavy atom. The highest BCUT2D eigenvalue weighted by Crippen LogP contribution is 2.32. The Labute approximate surface area is 182 Å². The minimum Gasteiger partial charge on any atom is -0.495 e. The van der Waals surface area contributed by atoms with Gasteiger partial charge >= 0.3 is 5.97 Å². The molecule has 2 aromatic carbocycles. The molecule has 1 aliphatic carbocycles. The molecule has 3 rings (SSSR count). The van der Waals surface area contributed by atoms with Crippen LogP contribution in [-0.4, -0.2) is 31.5 Å². The van der Waals surface area contributed by atoms with Crippen LogP contribution >= 0.6 is 0 Å². The third kappa shape index (κ3) is 6.31. The summed E-state index contributed by atoms with van der Waals surface area (Å²) in [5.41, 5.74) is 2.54. The van der Waals surface area contributed by atoms with Crippen LogP contribution in [-0.2, 0) is 14.3 Å². The lowest BCUT2D eigenvalue weighted by Gasteiger charge is -2.21. The molecule has 2 aromatic rings. The van der Waals surface area contributed by atoms with Crippen molar-refractivity contribution in [1.29, 1.82) is 0 Å². The summed E-state index contributed by atoms with van der Waals surface area (Å²) in [6, 6.07) is 12.3. The van der Waals surface area contributed by atoms with Crippen molar-refractivity contribution in [1.82, 2.24) is 0 Å². The molecular weight excluding hydrogens is 396 g/mol. The van der Waals surface area contributed by atoms with Gasteiger partial charge in [-0.3, -0.25) is 9.59 Å². The number of carbonyl (C=O) groups excluding carboxylic acids is 3. The lowest BCUT2D eigenvalue weighted by atomic mass is 9.84. The van der Waals surface area contributed by atoms with E-state index in [0.29, 0.717) is 28.6 Å². The van der Waals surface area contributed by atoms with Crippen molar-refractivity contribution < 1.29 is 23.9 Å². The molecule has 1 fully saturated rings. The van der Waals surface area contributed by atoms with Crippen LogP contribution in [0.2, 0.25) is 0 Å². The summed E-state index contributed by atoms with van der Waals surface area (Å²) in [6.45, 7) is 0.959. The maximum absolute atomic E-state index is 12.3. The summed E-state index contributed by atoms with van der Waals surface area (Å²) < 4.78 is 10.4. The van der Waals surface area contributed by atoms with Crippen molar-refractivity contribution >= 4 is 29.2 Å². The van der Waals surface area contributed by atoms with Crippen molar-refractivity contribution in [3.05, 3.63) is 53.6 Å². The highest BCUT2D eigenvalue weighted by atomic mass is 16.5. The highest BCUT2D eigenvalue weighted by molar-refractivity contribution is 5.97. The monoisotopic (exact) mass is 424 g/mol. The average molecular weight is 424 g/mol. The number of methoxy groups -OCH3 is 1. The number of ether oxygens (including phenoxy) is 2. The molecule has 0 unspecified atom stereocenters. The van der Waals surface area contributed by atoms with E-state index in [1.54, 1.807) is 30.3 Å². The first-order valence-electron chi connectivity index (χ1n) is 10.5. The zero-order valence-corrected chi connectivity index (χ0v) is 17.9. The third-order valence-corrected chi connectivity index (χ3v) is 5.35. The fourth-order valence-corrected chi connectivity index (χ4v) is 3.81. The number of benzene rings is 2. The SMILES string of the molecule is COc1ccc(NC(C)=O)cc1NC(=O)COC(=O)c1ccc(C2CCCCC2)cc1. The van der Waals surface area contributed by atoms with Crippen LogP contribution in [0, 0.1) is 0 Å². The van der Waals surface area contributed by atoms with Gasteiger partial charge in [-0.15, -0.1) is 0 Å². The molecule has 7 heteroatoms. The molecule has 0 aromatic heterocycles. The Morgan fingerprint density at radius 3 is 2.32 bits per heavy atom. The topological polar surface area (TPSA) is 93.7 Å². The zero-order chi connectivity index (χ0) is 22.2. The Kier molecular flexibility index (Phi) is 7.65. The first-order chi connectivity index (χ1) is 15.0. The molecule has 0 atom stereocenters. The van der Waals surface area contributed by atoms with Gasteiger partial charge in [0.1, 0.15) is 5.75 Å². The van der Waals surface area contributed by atoms with Crippen LogP contribution < -0.4 is 15.4 Å². The van der Waals surface area contributed by atoms with Gasteiger partial charge < -0.3 is 20.1 Å². The Hall–Kier alpha value is -3.35. The molecule has 0 heterocycles.